The predicted octanol–water partition coefficient (Wildman–Crippen LogP) is 4.60. The molecule has 1 nitrogen and oxygen atoms in total. The van der Waals surface area contributed by atoms with E-state index in [-0.39, 0.29) is 0 Å². The Kier molecular flexibility index (Phi) is 3.01. The zero-order valence-electron chi connectivity index (χ0n) is 11.9. The molecule has 3 aromatic carbocycles. The maximum atomic E-state index is 10.7. The Morgan fingerprint density at radius 2 is 1.67 bits per heavy atom. The van der Waals surface area contributed by atoms with E-state index in [1.54, 1.807) is 0 Å². The van der Waals surface area contributed by atoms with Crippen molar-refractivity contribution in [3.63, 3.8) is 0 Å². The molecule has 1 aliphatic carbocycles. The van der Waals surface area contributed by atoms with Crippen molar-refractivity contribution in [1.82, 2.24) is 0 Å². The number of aliphatic hydroxyl groups is 1. The third kappa shape index (κ3) is 2.14. The number of aliphatic hydroxyl groups excluding tert-OH is 1. The van der Waals surface area contributed by atoms with Crippen LogP contribution < -0.4 is 0 Å². The third-order valence-corrected chi connectivity index (χ3v) is 4.65. The molecule has 1 N–H and O–H groups in total. The van der Waals surface area contributed by atoms with Crippen molar-refractivity contribution >= 4 is 10.8 Å². The van der Waals surface area contributed by atoms with Gasteiger partial charge in [-0.05, 0) is 46.2 Å². The van der Waals surface area contributed by atoms with Crippen LogP contribution in [0.25, 0.3) is 10.8 Å². The number of hydrogen-bond donors (Lipinski definition) is 1. The van der Waals surface area contributed by atoms with Crippen LogP contribution in [0.4, 0.5) is 0 Å². The fraction of sp³-hybridized carbons (Fsp3) is 0.200. The first-order chi connectivity index (χ1) is 10.3. The largest absolute Gasteiger partial charge is 0.388 e. The van der Waals surface area contributed by atoms with Crippen LogP contribution in [0, 0.1) is 0 Å². The summed E-state index contributed by atoms with van der Waals surface area (Å²) in [6.07, 6.45) is 1.51. The molecule has 2 atom stereocenters. The van der Waals surface area contributed by atoms with E-state index >= 15 is 0 Å². The predicted molar refractivity (Wildman–Crippen MR) is 86.4 cm³/mol. The lowest BCUT2D eigenvalue weighted by Crippen LogP contribution is -2.19. The molecule has 1 heteroatoms. The first-order valence-electron chi connectivity index (χ1n) is 7.56. The number of fused-ring (bicyclic) bond motifs is 2. The Balaban J connectivity index is 1.62. The second kappa shape index (κ2) is 5.01. The number of rotatable bonds is 3. The van der Waals surface area contributed by atoms with Crippen LogP contribution in [0.5, 0.6) is 0 Å². The van der Waals surface area contributed by atoms with Gasteiger partial charge in [-0.15, -0.1) is 0 Å². The van der Waals surface area contributed by atoms with Gasteiger partial charge in [-0.25, -0.2) is 0 Å². The summed E-state index contributed by atoms with van der Waals surface area (Å²) >= 11 is 0. The lowest BCUT2D eigenvalue weighted by atomic mass is 9.74. The van der Waals surface area contributed by atoms with Crippen molar-refractivity contribution in [2.24, 2.45) is 0 Å². The van der Waals surface area contributed by atoms with Crippen molar-refractivity contribution in [2.45, 2.75) is 24.9 Å². The average molecular weight is 274 g/mol. The van der Waals surface area contributed by atoms with Crippen LogP contribution in [-0.2, 0) is 6.42 Å². The van der Waals surface area contributed by atoms with E-state index in [2.05, 4.69) is 48.5 Å². The normalized spacial score (nSPS) is 18.0. The molecule has 0 heterocycles. The quantitative estimate of drug-likeness (QED) is 0.740. The van der Waals surface area contributed by atoms with Crippen molar-refractivity contribution in [1.29, 1.82) is 0 Å². The highest BCUT2D eigenvalue weighted by Gasteiger charge is 2.28. The maximum absolute atomic E-state index is 10.7. The van der Waals surface area contributed by atoms with Gasteiger partial charge in [0, 0.05) is 0 Å². The topological polar surface area (TPSA) is 20.2 Å². The molecular formula is C20H18O. The summed E-state index contributed by atoms with van der Waals surface area (Å²) in [5.74, 6) is 0.496. The second-order valence-corrected chi connectivity index (χ2v) is 5.92. The van der Waals surface area contributed by atoms with Gasteiger partial charge >= 0.3 is 0 Å². The Bertz CT molecular complexity index is 785. The second-order valence-electron chi connectivity index (χ2n) is 5.92. The maximum Gasteiger partial charge on any atom is 0.0802 e. The zero-order chi connectivity index (χ0) is 14.2. The summed E-state index contributed by atoms with van der Waals surface area (Å²) in [5.41, 5.74) is 3.90. The van der Waals surface area contributed by atoms with Crippen molar-refractivity contribution in [3.8, 4) is 0 Å². The van der Waals surface area contributed by atoms with E-state index in [9.17, 15) is 5.11 Å². The average Bonchev–Trinajstić information content (AvgIpc) is 2.52. The lowest BCUT2D eigenvalue weighted by Gasteiger charge is -2.32. The van der Waals surface area contributed by atoms with Gasteiger partial charge in [-0.1, -0.05) is 66.7 Å². The van der Waals surface area contributed by atoms with E-state index in [4.69, 9.17) is 0 Å². The molecule has 0 saturated heterocycles. The first kappa shape index (κ1) is 12.6. The van der Waals surface area contributed by atoms with Crippen LogP contribution in [0.3, 0.4) is 0 Å². The van der Waals surface area contributed by atoms with Gasteiger partial charge in [0.05, 0.1) is 6.10 Å². The lowest BCUT2D eigenvalue weighted by molar-refractivity contribution is 0.155. The molecule has 0 amide bonds. The minimum absolute atomic E-state index is 0.394. The minimum atomic E-state index is -0.394. The molecular weight excluding hydrogens is 256 g/mol. The molecule has 21 heavy (non-hydrogen) atoms. The van der Waals surface area contributed by atoms with E-state index in [1.807, 2.05) is 18.2 Å². The summed E-state index contributed by atoms with van der Waals surface area (Å²) in [6, 6.07) is 23.0. The molecule has 0 bridgehead atoms. The Morgan fingerprint density at radius 3 is 2.57 bits per heavy atom. The van der Waals surface area contributed by atoms with Crippen molar-refractivity contribution in [3.05, 3.63) is 83.4 Å². The molecule has 0 saturated carbocycles. The van der Waals surface area contributed by atoms with E-state index in [0.717, 1.165) is 18.4 Å². The highest BCUT2D eigenvalue weighted by Crippen LogP contribution is 2.41. The summed E-state index contributed by atoms with van der Waals surface area (Å²) in [4.78, 5) is 0. The summed E-state index contributed by atoms with van der Waals surface area (Å²) in [6.45, 7) is 0. The zero-order valence-corrected chi connectivity index (χ0v) is 11.9. The van der Waals surface area contributed by atoms with E-state index < -0.39 is 6.10 Å². The summed E-state index contributed by atoms with van der Waals surface area (Å²) in [5, 5.41) is 13.0. The van der Waals surface area contributed by atoms with Crippen LogP contribution >= 0.6 is 0 Å². The molecule has 2 unspecified atom stereocenters. The molecule has 0 radical (unpaired) electrons. The van der Waals surface area contributed by atoms with Gasteiger partial charge in [0.15, 0.2) is 0 Å². The third-order valence-electron chi connectivity index (χ3n) is 4.65. The smallest absolute Gasteiger partial charge is 0.0802 e. The molecule has 0 aromatic heterocycles. The van der Waals surface area contributed by atoms with E-state index in [0.29, 0.717) is 5.92 Å². The standard InChI is InChI=1S/C20H18O/c21-20(13-16-12-15-7-2-3-9-17(15)16)19-11-5-8-14-6-1-4-10-18(14)19/h1-11,16,20-21H,12-13H2. The highest BCUT2D eigenvalue weighted by molar-refractivity contribution is 5.85. The fourth-order valence-corrected chi connectivity index (χ4v) is 3.51. The fourth-order valence-electron chi connectivity index (χ4n) is 3.51. The SMILES string of the molecule is OC(CC1Cc2ccccc21)c1cccc2ccccc12. The van der Waals surface area contributed by atoms with Crippen LogP contribution in [0.15, 0.2) is 66.7 Å². The molecule has 1 aliphatic rings. The van der Waals surface area contributed by atoms with Gasteiger partial charge < -0.3 is 5.11 Å². The highest BCUT2D eigenvalue weighted by atomic mass is 16.3. The van der Waals surface area contributed by atoms with Crippen molar-refractivity contribution in [2.75, 3.05) is 0 Å². The van der Waals surface area contributed by atoms with Gasteiger partial charge in [0.25, 0.3) is 0 Å². The molecule has 3 aromatic rings. The van der Waals surface area contributed by atoms with Gasteiger partial charge in [-0.3, -0.25) is 0 Å². The molecule has 104 valence electrons. The molecule has 4 rings (SSSR count). The Morgan fingerprint density at radius 1 is 0.905 bits per heavy atom. The van der Waals surface area contributed by atoms with E-state index in [1.165, 1.54) is 21.9 Å². The molecule has 0 aliphatic heterocycles. The van der Waals surface area contributed by atoms with Crippen LogP contribution in [-0.4, -0.2) is 5.11 Å². The summed E-state index contributed by atoms with van der Waals surface area (Å²) < 4.78 is 0. The number of hydrogen-bond acceptors (Lipinski definition) is 1. The monoisotopic (exact) mass is 274 g/mol. The minimum Gasteiger partial charge on any atom is -0.388 e. The van der Waals surface area contributed by atoms with Gasteiger partial charge in [0.2, 0.25) is 0 Å². The Labute approximate surface area is 124 Å². The van der Waals surface area contributed by atoms with Gasteiger partial charge in [-0.2, -0.15) is 0 Å². The van der Waals surface area contributed by atoms with Crippen LogP contribution in [0.2, 0.25) is 0 Å². The summed E-state index contributed by atoms with van der Waals surface area (Å²) in [7, 11) is 0. The Hall–Kier alpha value is -2.12. The molecule has 0 fully saturated rings. The number of benzene rings is 3. The molecule has 0 spiro atoms. The van der Waals surface area contributed by atoms with Gasteiger partial charge in [0.1, 0.15) is 0 Å². The van der Waals surface area contributed by atoms with Crippen molar-refractivity contribution < 1.29 is 5.11 Å². The van der Waals surface area contributed by atoms with Crippen LogP contribution in [0.1, 0.15) is 35.1 Å². The first-order valence-corrected chi connectivity index (χ1v) is 7.56.